The van der Waals surface area contributed by atoms with E-state index in [9.17, 15) is 18.0 Å². The minimum Gasteiger partial charge on any atom is -0.494 e. The Bertz CT molecular complexity index is 1420. The number of anilines is 1. The minimum absolute atomic E-state index is 0.0595. The molecule has 0 spiro atoms. The largest absolute Gasteiger partial charge is 0.494 e. The van der Waals surface area contributed by atoms with Gasteiger partial charge in [-0.25, -0.2) is 8.42 Å². The van der Waals surface area contributed by atoms with Crippen LogP contribution in [0.5, 0.6) is 5.75 Å². The van der Waals surface area contributed by atoms with Gasteiger partial charge in [-0.15, -0.1) is 11.8 Å². The number of carbonyl (C=O) groups excluding carboxylic acids is 2. The first-order chi connectivity index (χ1) is 19.6. The van der Waals surface area contributed by atoms with E-state index in [1.807, 2.05) is 44.4 Å². The number of hydrogen-bond acceptors (Lipinski definition) is 6. The summed E-state index contributed by atoms with van der Waals surface area (Å²) in [5.74, 6) is -0.234. The van der Waals surface area contributed by atoms with Crippen molar-refractivity contribution in [1.82, 2.24) is 10.2 Å². The molecule has 8 nitrogen and oxygen atoms in total. The van der Waals surface area contributed by atoms with Gasteiger partial charge in [0.25, 0.3) is 10.0 Å². The molecule has 0 radical (unpaired) electrons. The van der Waals surface area contributed by atoms with Crippen molar-refractivity contribution in [1.29, 1.82) is 0 Å². The molecule has 41 heavy (non-hydrogen) atoms. The molecular formula is C30H36BrN3O5S2. The Morgan fingerprint density at radius 3 is 2.29 bits per heavy atom. The molecule has 3 aromatic carbocycles. The van der Waals surface area contributed by atoms with Gasteiger partial charge in [-0.3, -0.25) is 13.9 Å². The van der Waals surface area contributed by atoms with Gasteiger partial charge in [-0.2, -0.15) is 0 Å². The highest BCUT2D eigenvalue weighted by Crippen LogP contribution is 2.28. The second-order valence-electron chi connectivity index (χ2n) is 9.23. The predicted octanol–water partition coefficient (Wildman–Crippen LogP) is 5.71. The second kappa shape index (κ2) is 15.3. The molecule has 220 valence electrons. The van der Waals surface area contributed by atoms with Crippen molar-refractivity contribution in [3.05, 3.63) is 82.8 Å². The lowest BCUT2D eigenvalue weighted by atomic mass is 10.1. The predicted molar refractivity (Wildman–Crippen MR) is 168 cm³/mol. The van der Waals surface area contributed by atoms with Crippen molar-refractivity contribution in [2.24, 2.45) is 0 Å². The van der Waals surface area contributed by atoms with E-state index in [1.54, 1.807) is 43.3 Å². The molecule has 3 rings (SSSR count). The molecule has 0 unspecified atom stereocenters. The van der Waals surface area contributed by atoms with Crippen molar-refractivity contribution in [2.75, 3.05) is 30.3 Å². The molecule has 0 aliphatic carbocycles. The highest BCUT2D eigenvalue weighted by atomic mass is 79.9. The normalized spacial score (nSPS) is 11.9. The fourth-order valence-electron chi connectivity index (χ4n) is 4.09. The molecule has 0 fully saturated rings. The lowest BCUT2D eigenvalue weighted by Gasteiger charge is -2.32. The first kappa shape index (κ1) is 32.5. The van der Waals surface area contributed by atoms with Gasteiger partial charge in [0, 0.05) is 22.5 Å². The van der Waals surface area contributed by atoms with Crippen molar-refractivity contribution >= 4 is 55.2 Å². The van der Waals surface area contributed by atoms with E-state index in [4.69, 9.17) is 4.74 Å². The Hall–Kier alpha value is -3.02. The second-order valence-corrected chi connectivity index (χ2v) is 12.9. The van der Waals surface area contributed by atoms with Crippen LogP contribution in [-0.2, 0) is 26.2 Å². The summed E-state index contributed by atoms with van der Waals surface area (Å²) in [5.41, 5.74) is 1.10. The Labute approximate surface area is 255 Å². The number of benzene rings is 3. The number of ether oxygens (including phenoxy) is 1. The van der Waals surface area contributed by atoms with Crippen LogP contribution < -0.4 is 14.4 Å². The topological polar surface area (TPSA) is 96.0 Å². The van der Waals surface area contributed by atoms with E-state index in [2.05, 4.69) is 21.2 Å². The zero-order valence-corrected chi connectivity index (χ0v) is 26.9. The maximum atomic E-state index is 14.0. The van der Waals surface area contributed by atoms with Crippen LogP contribution in [0, 0.1) is 0 Å². The van der Waals surface area contributed by atoms with Crippen molar-refractivity contribution in [2.45, 2.75) is 49.6 Å². The Morgan fingerprint density at radius 1 is 1.02 bits per heavy atom. The van der Waals surface area contributed by atoms with Gasteiger partial charge < -0.3 is 15.0 Å². The van der Waals surface area contributed by atoms with Gasteiger partial charge >= 0.3 is 0 Å². The zero-order valence-electron chi connectivity index (χ0n) is 23.7. The summed E-state index contributed by atoms with van der Waals surface area (Å²) in [6, 6.07) is 19.7. The standard InChI is InChI=1S/C30H36BrN3O5S2/c1-5-18-32-30(36)22(3)33(20-23-8-7-9-24(31)19-23)29(35)21-34(25-10-12-26(13-11-25)39-6-2)41(37,38)28-16-14-27(40-4)15-17-28/h7-17,19,22H,5-6,18,20-21H2,1-4H3,(H,32,36)/t22-/m0/s1. The molecule has 1 N–H and O–H groups in total. The number of thioether (sulfide) groups is 1. The summed E-state index contributed by atoms with van der Waals surface area (Å²) < 4.78 is 35.4. The summed E-state index contributed by atoms with van der Waals surface area (Å²) in [7, 11) is -4.14. The number of nitrogens with one attached hydrogen (secondary N) is 1. The van der Waals surface area contributed by atoms with E-state index in [-0.39, 0.29) is 17.3 Å². The van der Waals surface area contributed by atoms with Crippen molar-refractivity contribution < 1.29 is 22.7 Å². The first-order valence-corrected chi connectivity index (χ1v) is 16.8. The molecular weight excluding hydrogens is 626 g/mol. The van der Waals surface area contributed by atoms with Gasteiger partial charge in [0.05, 0.1) is 17.2 Å². The quantitative estimate of drug-likeness (QED) is 0.223. The lowest BCUT2D eigenvalue weighted by Crippen LogP contribution is -2.51. The summed E-state index contributed by atoms with van der Waals surface area (Å²) in [6.07, 6.45) is 2.66. The molecule has 1 atom stereocenters. The minimum atomic E-state index is -4.14. The van der Waals surface area contributed by atoms with Gasteiger partial charge in [0.1, 0.15) is 18.3 Å². The Kier molecular flexibility index (Phi) is 12.1. The number of amides is 2. The zero-order chi connectivity index (χ0) is 30.0. The van der Waals surface area contributed by atoms with Gasteiger partial charge in [-0.05, 0) is 92.8 Å². The molecule has 0 aliphatic rings. The van der Waals surface area contributed by atoms with Crippen LogP contribution in [0.4, 0.5) is 5.69 Å². The average Bonchev–Trinajstić information content (AvgIpc) is 2.97. The fourth-order valence-corrected chi connectivity index (χ4v) is 6.36. The number of rotatable bonds is 14. The summed E-state index contributed by atoms with van der Waals surface area (Å²) in [4.78, 5) is 29.4. The van der Waals surface area contributed by atoms with E-state index < -0.39 is 28.5 Å². The number of nitrogens with zero attached hydrogens (tertiary/aromatic N) is 2. The van der Waals surface area contributed by atoms with E-state index in [1.165, 1.54) is 28.8 Å². The monoisotopic (exact) mass is 661 g/mol. The lowest BCUT2D eigenvalue weighted by molar-refractivity contribution is -0.139. The first-order valence-electron chi connectivity index (χ1n) is 13.3. The molecule has 0 saturated heterocycles. The molecule has 2 amide bonds. The third-order valence-corrected chi connectivity index (χ3v) is 9.35. The SMILES string of the molecule is CCCNC(=O)[C@H](C)N(Cc1cccc(Br)c1)C(=O)CN(c1ccc(OCC)cc1)S(=O)(=O)c1ccc(SC)cc1. The molecule has 3 aromatic rings. The van der Waals surface area contributed by atoms with Crippen LogP contribution >= 0.6 is 27.7 Å². The number of hydrogen-bond donors (Lipinski definition) is 1. The van der Waals surface area contributed by atoms with Crippen LogP contribution in [0.1, 0.15) is 32.8 Å². The molecule has 0 bridgehead atoms. The highest BCUT2D eigenvalue weighted by molar-refractivity contribution is 9.10. The van der Waals surface area contributed by atoms with E-state index >= 15 is 0 Å². The average molecular weight is 663 g/mol. The van der Waals surface area contributed by atoms with E-state index in [0.717, 1.165) is 25.7 Å². The van der Waals surface area contributed by atoms with Crippen molar-refractivity contribution in [3.63, 3.8) is 0 Å². The number of sulfonamides is 1. The Morgan fingerprint density at radius 2 is 1.71 bits per heavy atom. The van der Waals surface area contributed by atoms with Gasteiger partial charge in [0.2, 0.25) is 11.8 Å². The van der Waals surface area contributed by atoms with Crippen LogP contribution in [0.15, 0.2) is 87.1 Å². The van der Waals surface area contributed by atoms with E-state index in [0.29, 0.717) is 24.6 Å². The number of carbonyl (C=O) groups is 2. The summed E-state index contributed by atoms with van der Waals surface area (Å²) >= 11 is 4.96. The molecule has 0 aromatic heterocycles. The van der Waals surface area contributed by atoms with Crippen LogP contribution in [-0.4, -0.2) is 57.1 Å². The van der Waals surface area contributed by atoms with Gasteiger partial charge in [0.15, 0.2) is 0 Å². The maximum Gasteiger partial charge on any atom is 0.264 e. The third-order valence-electron chi connectivity index (χ3n) is 6.32. The fraction of sp³-hybridized carbons (Fsp3) is 0.333. The summed E-state index contributed by atoms with van der Waals surface area (Å²) in [6.45, 7) is 6.02. The smallest absolute Gasteiger partial charge is 0.264 e. The molecule has 0 heterocycles. The molecule has 0 saturated carbocycles. The van der Waals surface area contributed by atoms with Crippen LogP contribution in [0.25, 0.3) is 0 Å². The summed E-state index contributed by atoms with van der Waals surface area (Å²) in [5, 5.41) is 2.84. The van der Waals surface area contributed by atoms with Crippen molar-refractivity contribution in [3.8, 4) is 5.75 Å². The van der Waals surface area contributed by atoms with Gasteiger partial charge in [-0.1, -0.05) is 35.0 Å². The third kappa shape index (κ3) is 8.73. The molecule has 0 aliphatic heterocycles. The molecule has 11 heteroatoms. The Balaban J connectivity index is 2.03. The maximum absolute atomic E-state index is 14.0. The van der Waals surface area contributed by atoms with Crippen LogP contribution in [0.3, 0.4) is 0 Å². The highest BCUT2D eigenvalue weighted by Gasteiger charge is 2.32. The van der Waals surface area contributed by atoms with Crippen LogP contribution in [0.2, 0.25) is 0 Å². The number of halogens is 1.